The van der Waals surface area contributed by atoms with Crippen LogP contribution >= 0.6 is 0 Å². The summed E-state index contributed by atoms with van der Waals surface area (Å²) in [5, 5.41) is 3.04. The maximum Gasteiger partial charge on any atom is 0.243 e. The van der Waals surface area contributed by atoms with Gasteiger partial charge in [-0.3, -0.25) is 0 Å². The first kappa shape index (κ1) is 14.3. The van der Waals surface area contributed by atoms with E-state index in [1.807, 2.05) is 13.8 Å². The molecule has 1 saturated carbocycles. The van der Waals surface area contributed by atoms with Crippen molar-refractivity contribution in [3.8, 4) is 0 Å². The highest BCUT2D eigenvalue weighted by molar-refractivity contribution is 7.89. The van der Waals surface area contributed by atoms with Crippen molar-refractivity contribution < 1.29 is 8.42 Å². The third-order valence-electron chi connectivity index (χ3n) is 3.24. The van der Waals surface area contributed by atoms with E-state index in [0.29, 0.717) is 29.7 Å². The molecule has 1 aliphatic rings. The average Bonchev–Trinajstić information content (AvgIpc) is 3.20. The van der Waals surface area contributed by atoms with E-state index >= 15 is 0 Å². The highest BCUT2D eigenvalue weighted by atomic mass is 32.2. The van der Waals surface area contributed by atoms with E-state index in [0.717, 1.165) is 19.4 Å². The van der Waals surface area contributed by atoms with Crippen LogP contribution in [0.2, 0.25) is 0 Å². The van der Waals surface area contributed by atoms with Gasteiger partial charge in [-0.2, -0.15) is 4.31 Å². The van der Waals surface area contributed by atoms with Crippen LogP contribution in [-0.4, -0.2) is 37.3 Å². The molecule has 6 heteroatoms. The van der Waals surface area contributed by atoms with E-state index < -0.39 is 10.0 Å². The number of pyridine rings is 1. The highest BCUT2D eigenvalue weighted by Gasteiger charge is 2.30. The van der Waals surface area contributed by atoms with Crippen molar-refractivity contribution >= 4 is 15.8 Å². The minimum absolute atomic E-state index is 0.320. The Morgan fingerprint density at radius 2 is 2.16 bits per heavy atom. The van der Waals surface area contributed by atoms with Crippen LogP contribution in [0.1, 0.15) is 26.7 Å². The van der Waals surface area contributed by atoms with Crippen molar-refractivity contribution in [2.24, 2.45) is 5.92 Å². The summed E-state index contributed by atoms with van der Waals surface area (Å²) >= 11 is 0. The predicted molar refractivity (Wildman–Crippen MR) is 75.6 cm³/mol. The van der Waals surface area contributed by atoms with Crippen molar-refractivity contribution in [2.75, 3.05) is 25.0 Å². The first-order chi connectivity index (χ1) is 9.07. The van der Waals surface area contributed by atoms with Gasteiger partial charge in [0.25, 0.3) is 0 Å². The van der Waals surface area contributed by atoms with Gasteiger partial charge in [-0.1, -0.05) is 6.92 Å². The van der Waals surface area contributed by atoms with Gasteiger partial charge >= 0.3 is 0 Å². The summed E-state index contributed by atoms with van der Waals surface area (Å²) in [4.78, 5) is 4.43. The van der Waals surface area contributed by atoms with Crippen LogP contribution in [0.15, 0.2) is 23.2 Å². The van der Waals surface area contributed by atoms with Gasteiger partial charge in [0, 0.05) is 31.9 Å². The lowest BCUT2D eigenvalue weighted by molar-refractivity contribution is 0.412. The molecule has 1 aliphatic carbocycles. The fraction of sp³-hybridized carbons (Fsp3) is 0.615. The van der Waals surface area contributed by atoms with Crippen LogP contribution in [-0.2, 0) is 10.0 Å². The second-order valence-electron chi connectivity index (χ2n) is 4.81. The predicted octanol–water partition coefficient (Wildman–Crippen LogP) is 1.93. The Balaban J connectivity index is 2.23. The van der Waals surface area contributed by atoms with Gasteiger partial charge in [-0.25, -0.2) is 13.4 Å². The van der Waals surface area contributed by atoms with E-state index in [-0.39, 0.29) is 0 Å². The van der Waals surface area contributed by atoms with Crippen molar-refractivity contribution in [3.63, 3.8) is 0 Å². The first-order valence-electron chi connectivity index (χ1n) is 6.78. The van der Waals surface area contributed by atoms with Crippen LogP contribution < -0.4 is 5.32 Å². The fourth-order valence-electron chi connectivity index (χ4n) is 1.98. The van der Waals surface area contributed by atoms with E-state index in [2.05, 4.69) is 10.3 Å². The van der Waals surface area contributed by atoms with Crippen LogP contribution in [0.3, 0.4) is 0 Å². The number of nitrogens with one attached hydrogen (secondary N) is 1. The van der Waals surface area contributed by atoms with Crippen LogP contribution in [0, 0.1) is 5.92 Å². The van der Waals surface area contributed by atoms with Gasteiger partial charge < -0.3 is 5.32 Å². The second-order valence-corrected chi connectivity index (χ2v) is 6.74. The molecule has 0 radical (unpaired) electrons. The molecule has 1 fully saturated rings. The van der Waals surface area contributed by atoms with Gasteiger partial charge in [0.2, 0.25) is 10.0 Å². The summed E-state index contributed by atoms with van der Waals surface area (Å²) in [7, 11) is -3.39. The molecule has 106 valence electrons. The lowest BCUT2D eigenvalue weighted by Gasteiger charge is -2.20. The lowest BCUT2D eigenvalue weighted by atomic mass is 10.4. The van der Waals surface area contributed by atoms with Crippen molar-refractivity contribution in [2.45, 2.75) is 31.6 Å². The normalized spacial score (nSPS) is 15.7. The third kappa shape index (κ3) is 3.45. The number of sulfonamides is 1. The van der Waals surface area contributed by atoms with Crippen LogP contribution in [0.5, 0.6) is 0 Å². The molecule has 5 nitrogen and oxygen atoms in total. The van der Waals surface area contributed by atoms with Crippen molar-refractivity contribution in [1.29, 1.82) is 0 Å². The molecule has 2 rings (SSSR count). The largest absolute Gasteiger partial charge is 0.370 e. The topological polar surface area (TPSA) is 62.3 Å². The number of anilines is 1. The molecule has 0 amide bonds. The van der Waals surface area contributed by atoms with Crippen LogP contribution in [0.4, 0.5) is 5.82 Å². The van der Waals surface area contributed by atoms with Gasteiger partial charge in [-0.05, 0) is 31.7 Å². The van der Waals surface area contributed by atoms with E-state index in [9.17, 15) is 8.42 Å². The Kier molecular flexibility index (Phi) is 4.42. The molecule has 1 heterocycles. The van der Waals surface area contributed by atoms with E-state index in [4.69, 9.17) is 0 Å². The molecular weight excluding hydrogens is 262 g/mol. The highest BCUT2D eigenvalue weighted by Crippen LogP contribution is 2.31. The first-order valence-corrected chi connectivity index (χ1v) is 8.22. The fourth-order valence-corrected chi connectivity index (χ4v) is 3.52. The standard InChI is InChI=1S/C13H21N3O2S/c1-3-14-13-9-12(7-8-15-13)19(17,18)16(4-2)10-11-5-6-11/h7-9,11H,3-6,10H2,1-2H3,(H,14,15). The molecule has 0 saturated heterocycles. The molecule has 19 heavy (non-hydrogen) atoms. The van der Waals surface area contributed by atoms with Gasteiger partial charge in [-0.15, -0.1) is 0 Å². The molecule has 1 aromatic rings. The number of hydrogen-bond acceptors (Lipinski definition) is 4. The summed E-state index contributed by atoms with van der Waals surface area (Å²) < 4.78 is 26.7. The van der Waals surface area contributed by atoms with Crippen molar-refractivity contribution in [3.05, 3.63) is 18.3 Å². The molecular formula is C13H21N3O2S. The molecule has 0 spiro atoms. The van der Waals surface area contributed by atoms with E-state index in [1.54, 1.807) is 16.4 Å². The number of hydrogen-bond donors (Lipinski definition) is 1. The van der Waals surface area contributed by atoms with Gasteiger partial charge in [0.15, 0.2) is 0 Å². The Bertz CT molecular complexity index is 526. The summed E-state index contributed by atoms with van der Waals surface area (Å²) in [6.45, 7) is 5.70. The zero-order chi connectivity index (χ0) is 13.9. The zero-order valence-corrected chi connectivity index (χ0v) is 12.3. The summed E-state index contributed by atoms with van der Waals surface area (Å²) in [6, 6.07) is 3.17. The lowest BCUT2D eigenvalue weighted by Crippen LogP contribution is -2.32. The second kappa shape index (κ2) is 5.88. The Hall–Kier alpha value is -1.14. The number of rotatable bonds is 7. The number of nitrogens with zero attached hydrogens (tertiary/aromatic N) is 2. The quantitative estimate of drug-likeness (QED) is 0.830. The monoisotopic (exact) mass is 283 g/mol. The van der Waals surface area contributed by atoms with Crippen LogP contribution in [0.25, 0.3) is 0 Å². The van der Waals surface area contributed by atoms with E-state index in [1.165, 1.54) is 6.20 Å². The van der Waals surface area contributed by atoms with Gasteiger partial charge in [0.05, 0.1) is 4.90 Å². The minimum atomic E-state index is -3.39. The molecule has 0 atom stereocenters. The maximum absolute atomic E-state index is 12.6. The smallest absolute Gasteiger partial charge is 0.243 e. The Morgan fingerprint density at radius 3 is 2.74 bits per heavy atom. The molecule has 0 bridgehead atoms. The van der Waals surface area contributed by atoms with Gasteiger partial charge in [0.1, 0.15) is 5.82 Å². The SMILES string of the molecule is CCNc1cc(S(=O)(=O)N(CC)CC2CC2)ccn1. The molecule has 0 aromatic carbocycles. The Labute approximate surface area is 115 Å². The molecule has 0 unspecified atom stereocenters. The zero-order valence-electron chi connectivity index (χ0n) is 11.5. The summed E-state index contributed by atoms with van der Waals surface area (Å²) in [5.74, 6) is 1.15. The van der Waals surface area contributed by atoms with Crippen molar-refractivity contribution in [1.82, 2.24) is 9.29 Å². The minimum Gasteiger partial charge on any atom is -0.370 e. The summed E-state index contributed by atoms with van der Waals surface area (Å²) in [5.41, 5.74) is 0. The number of aromatic nitrogens is 1. The summed E-state index contributed by atoms with van der Waals surface area (Å²) in [6.07, 6.45) is 3.83. The molecule has 1 aromatic heterocycles. The molecule has 0 aliphatic heterocycles. The molecule has 1 N–H and O–H groups in total. The average molecular weight is 283 g/mol. The Morgan fingerprint density at radius 1 is 1.42 bits per heavy atom. The maximum atomic E-state index is 12.6. The third-order valence-corrected chi connectivity index (χ3v) is 5.18.